The van der Waals surface area contributed by atoms with Crippen molar-refractivity contribution >= 4 is 22.9 Å². The molecule has 1 aromatic carbocycles. The molecule has 0 saturated carbocycles. The first-order valence-corrected chi connectivity index (χ1v) is 7.68. The van der Waals surface area contributed by atoms with Crippen LogP contribution in [0, 0.1) is 18.3 Å². The van der Waals surface area contributed by atoms with Gasteiger partial charge in [-0.05, 0) is 23.5 Å². The van der Waals surface area contributed by atoms with Gasteiger partial charge in [-0.15, -0.1) is 0 Å². The van der Waals surface area contributed by atoms with E-state index in [4.69, 9.17) is 11.6 Å². The number of rotatable bonds is 2. The molecule has 0 unspecified atom stereocenters. The number of aryl methyl sites for hydroxylation is 2. The number of hydrogen-bond donors (Lipinski definition) is 1. The van der Waals surface area contributed by atoms with Crippen LogP contribution in [0.1, 0.15) is 43.3 Å². The number of allylic oxidation sites excluding steroid dienone is 1. The van der Waals surface area contributed by atoms with Gasteiger partial charge in [-0.25, -0.2) is 0 Å². The van der Waals surface area contributed by atoms with E-state index in [1.807, 2.05) is 24.3 Å². The van der Waals surface area contributed by atoms with Gasteiger partial charge in [0.15, 0.2) is 5.76 Å². The summed E-state index contributed by atoms with van der Waals surface area (Å²) in [5, 5.41) is 24.6. The number of nitriles is 1. The second-order valence-electron chi connectivity index (χ2n) is 6.53. The summed E-state index contributed by atoms with van der Waals surface area (Å²) in [5.74, 6) is -0.163. The van der Waals surface area contributed by atoms with Crippen molar-refractivity contribution in [1.29, 1.82) is 5.26 Å². The number of benzene rings is 1. The summed E-state index contributed by atoms with van der Waals surface area (Å²) >= 11 is 6.20. The highest BCUT2D eigenvalue weighted by Gasteiger charge is 2.20. The van der Waals surface area contributed by atoms with Gasteiger partial charge in [0.25, 0.3) is 0 Å². The molecule has 5 heteroatoms. The van der Waals surface area contributed by atoms with E-state index in [9.17, 15) is 10.4 Å². The van der Waals surface area contributed by atoms with Crippen molar-refractivity contribution in [2.75, 3.05) is 0 Å². The third-order valence-corrected chi connectivity index (χ3v) is 4.21. The maximum Gasteiger partial charge on any atom is 0.160 e. The first-order valence-electron chi connectivity index (χ1n) is 7.30. The van der Waals surface area contributed by atoms with Crippen molar-refractivity contribution < 1.29 is 5.11 Å². The van der Waals surface area contributed by atoms with Crippen molar-refractivity contribution in [2.24, 2.45) is 7.05 Å². The zero-order chi connectivity index (χ0) is 17.4. The lowest BCUT2D eigenvalue weighted by Crippen LogP contribution is -2.10. The molecule has 0 aliphatic rings. The molecule has 0 spiro atoms. The average molecular weight is 330 g/mol. The Bertz CT molecular complexity index is 803. The van der Waals surface area contributed by atoms with Gasteiger partial charge in [-0.1, -0.05) is 56.6 Å². The number of aliphatic hydroxyl groups excluding tert-OH is 1. The van der Waals surface area contributed by atoms with Crippen LogP contribution in [0.4, 0.5) is 0 Å². The van der Waals surface area contributed by atoms with Crippen LogP contribution in [0.25, 0.3) is 11.3 Å². The third-order valence-electron chi connectivity index (χ3n) is 3.76. The van der Waals surface area contributed by atoms with E-state index in [0.29, 0.717) is 22.0 Å². The second-order valence-corrected chi connectivity index (χ2v) is 6.91. The van der Waals surface area contributed by atoms with Crippen molar-refractivity contribution in [3.63, 3.8) is 0 Å². The topological polar surface area (TPSA) is 61.8 Å². The molecule has 1 aromatic heterocycles. The van der Waals surface area contributed by atoms with Crippen LogP contribution in [0.5, 0.6) is 0 Å². The van der Waals surface area contributed by atoms with Crippen LogP contribution in [0.2, 0.25) is 5.02 Å². The van der Waals surface area contributed by atoms with Crippen LogP contribution >= 0.6 is 11.6 Å². The van der Waals surface area contributed by atoms with Crippen molar-refractivity contribution in [1.82, 2.24) is 9.78 Å². The van der Waals surface area contributed by atoms with E-state index < -0.39 is 0 Å². The molecule has 0 fully saturated rings. The highest BCUT2D eigenvalue weighted by molar-refractivity contribution is 6.33. The lowest BCUT2D eigenvalue weighted by atomic mass is 9.86. The smallest absolute Gasteiger partial charge is 0.160 e. The van der Waals surface area contributed by atoms with Gasteiger partial charge in [-0.3, -0.25) is 4.68 Å². The molecule has 4 nitrogen and oxygen atoms in total. The lowest BCUT2D eigenvalue weighted by molar-refractivity contribution is 0.503. The van der Waals surface area contributed by atoms with Crippen LogP contribution in [0.15, 0.2) is 24.3 Å². The van der Waals surface area contributed by atoms with Crippen molar-refractivity contribution in [3.8, 4) is 6.07 Å². The van der Waals surface area contributed by atoms with E-state index >= 15 is 0 Å². The summed E-state index contributed by atoms with van der Waals surface area (Å²) in [4.78, 5) is 0. The van der Waals surface area contributed by atoms with Crippen molar-refractivity contribution in [3.05, 3.63) is 51.8 Å². The third kappa shape index (κ3) is 3.25. The molecule has 120 valence electrons. The van der Waals surface area contributed by atoms with E-state index in [0.717, 1.165) is 5.56 Å². The summed E-state index contributed by atoms with van der Waals surface area (Å²) in [5.41, 5.74) is 2.96. The second kappa shape index (κ2) is 6.10. The molecule has 2 rings (SSSR count). The van der Waals surface area contributed by atoms with Crippen LogP contribution < -0.4 is 0 Å². The monoisotopic (exact) mass is 329 g/mol. The first-order chi connectivity index (χ1) is 10.7. The zero-order valence-corrected chi connectivity index (χ0v) is 14.7. The molecule has 23 heavy (non-hydrogen) atoms. The lowest BCUT2D eigenvalue weighted by Gasteiger charge is -2.19. The fraction of sp³-hybridized carbons (Fsp3) is 0.333. The Kier molecular flexibility index (Phi) is 4.53. The summed E-state index contributed by atoms with van der Waals surface area (Å²) in [7, 11) is 1.68. The fourth-order valence-electron chi connectivity index (χ4n) is 2.40. The minimum absolute atomic E-state index is 0.0273. The van der Waals surface area contributed by atoms with Gasteiger partial charge in [0.1, 0.15) is 17.3 Å². The van der Waals surface area contributed by atoms with Gasteiger partial charge >= 0.3 is 0 Å². The van der Waals surface area contributed by atoms with Crippen LogP contribution in [-0.4, -0.2) is 14.9 Å². The number of halogens is 1. The highest BCUT2D eigenvalue weighted by Crippen LogP contribution is 2.31. The van der Waals surface area contributed by atoms with Crippen LogP contribution in [-0.2, 0) is 12.5 Å². The average Bonchev–Trinajstić information content (AvgIpc) is 2.72. The van der Waals surface area contributed by atoms with Gasteiger partial charge in [-0.2, -0.15) is 10.4 Å². The molecule has 0 aliphatic carbocycles. The Balaban J connectivity index is 2.57. The molecule has 1 heterocycles. The van der Waals surface area contributed by atoms with Crippen molar-refractivity contribution in [2.45, 2.75) is 33.1 Å². The minimum Gasteiger partial charge on any atom is -0.504 e. The van der Waals surface area contributed by atoms with Gasteiger partial charge in [0, 0.05) is 7.05 Å². The summed E-state index contributed by atoms with van der Waals surface area (Å²) < 4.78 is 1.48. The molecule has 0 aliphatic heterocycles. The molecule has 2 aromatic rings. The fourth-order valence-corrected chi connectivity index (χ4v) is 2.65. The Morgan fingerprint density at radius 2 is 1.83 bits per heavy atom. The molecule has 0 atom stereocenters. The number of hydrogen-bond acceptors (Lipinski definition) is 3. The largest absolute Gasteiger partial charge is 0.504 e. The highest BCUT2D eigenvalue weighted by atomic mass is 35.5. The van der Waals surface area contributed by atoms with Gasteiger partial charge < -0.3 is 5.11 Å². The molecule has 1 N–H and O–H groups in total. The van der Waals surface area contributed by atoms with Gasteiger partial charge in [0.05, 0.1) is 10.7 Å². The number of aromatic nitrogens is 2. The Morgan fingerprint density at radius 3 is 2.22 bits per heavy atom. The minimum atomic E-state index is -0.163. The maximum absolute atomic E-state index is 10.5. The summed E-state index contributed by atoms with van der Waals surface area (Å²) in [6.45, 7) is 8.12. The quantitative estimate of drug-likeness (QED) is 0.645. The summed E-state index contributed by atoms with van der Waals surface area (Å²) in [6, 6.07) is 9.68. The summed E-state index contributed by atoms with van der Waals surface area (Å²) in [6.07, 6.45) is 0. The molecule has 0 radical (unpaired) electrons. The Labute approximate surface area is 141 Å². The van der Waals surface area contributed by atoms with E-state index in [-0.39, 0.29) is 16.7 Å². The molecule has 0 saturated heterocycles. The molecular formula is C18H20ClN3O. The van der Waals surface area contributed by atoms with E-state index in [1.165, 1.54) is 4.68 Å². The molecule has 0 amide bonds. The maximum atomic E-state index is 10.5. The Morgan fingerprint density at radius 1 is 1.26 bits per heavy atom. The normalized spacial score (nSPS) is 12.7. The molecular weight excluding hydrogens is 310 g/mol. The van der Waals surface area contributed by atoms with E-state index in [2.05, 4.69) is 31.9 Å². The number of nitrogens with zero attached hydrogens (tertiary/aromatic N) is 3. The van der Waals surface area contributed by atoms with Gasteiger partial charge in [0.2, 0.25) is 0 Å². The van der Waals surface area contributed by atoms with E-state index in [1.54, 1.807) is 14.0 Å². The predicted octanol–water partition coefficient (Wildman–Crippen LogP) is 4.63. The standard InChI is InChI=1S/C18H20ClN3O/c1-11-15(19)16(22(5)21-11)17(23)14(10-20)12-6-8-13(9-7-12)18(2,3)4/h6-9,23H,1-5H3. The first kappa shape index (κ1) is 17.1. The van der Waals surface area contributed by atoms with Crippen LogP contribution in [0.3, 0.4) is 0 Å². The number of aliphatic hydroxyl groups is 1. The Hall–Kier alpha value is -2.25. The SMILES string of the molecule is Cc1nn(C)c(C(O)=C(C#N)c2ccc(C(C)(C)C)cc2)c1Cl. The zero-order valence-electron chi connectivity index (χ0n) is 14.0. The molecule has 0 bridgehead atoms. The predicted molar refractivity (Wildman–Crippen MR) is 93.2 cm³/mol.